The maximum Gasteiger partial charge on any atom is 0.239 e. The molecule has 2 amide bonds. The molecule has 0 unspecified atom stereocenters. The maximum absolute atomic E-state index is 12.2. The van der Waals surface area contributed by atoms with Gasteiger partial charge in [0.25, 0.3) is 0 Å². The number of amides is 2. The third kappa shape index (κ3) is 6.86. The van der Waals surface area contributed by atoms with Crippen LogP contribution >= 0.6 is 0 Å². The highest BCUT2D eigenvalue weighted by molar-refractivity contribution is 5.91. The predicted octanol–water partition coefficient (Wildman–Crippen LogP) is 2.43. The van der Waals surface area contributed by atoms with Crippen molar-refractivity contribution in [2.75, 3.05) is 38.0 Å². The van der Waals surface area contributed by atoms with E-state index in [0.717, 1.165) is 25.9 Å². The van der Waals surface area contributed by atoms with Gasteiger partial charge in [-0.1, -0.05) is 37.8 Å². The van der Waals surface area contributed by atoms with Crippen LogP contribution in [0.5, 0.6) is 0 Å². The van der Waals surface area contributed by atoms with E-state index in [1.165, 1.54) is 19.3 Å². The molecule has 0 spiro atoms. The second kappa shape index (κ2) is 10.2. The van der Waals surface area contributed by atoms with Crippen molar-refractivity contribution in [2.45, 2.75) is 52.4 Å². The van der Waals surface area contributed by atoms with Gasteiger partial charge in [0.2, 0.25) is 11.8 Å². The fraction of sp³-hybridized carbons (Fsp3) is 0.722. The summed E-state index contributed by atoms with van der Waals surface area (Å²) in [4.78, 5) is 28.2. The van der Waals surface area contributed by atoms with Crippen molar-refractivity contribution in [3.63, 3.8) is 0 Å². The summed E-state index contributed by atoms with van der Waals surface area (Å²) in [5, 5.41) is 6.48. The van der Waals surface area contributed by atoms with Crippen LogP contribution < -0.4 is 5.32 Å². The minimum absolute atomic E-state index is 0.107. The fourth-order valence-electron chi connectivity index (χ4n) is 3.00. The van der Waals surface area contributed by atoms with Crippen molar-refractivity contribution in [2.24, 2.45) is 0 Å². The van der Waals surface area contributed by atoms with Crippen LogP contribution in [0.1, 0.15) is 51.2 Å². The van der Waals surface area contributed by atoms with Crippen LogP contribution in [-0.2, 0) is 9.59 Å². The Labute approximate surface area is 149 Å². The minimum atomic E-state index is -0.107. The van der Waals surface area contributed by atoms with Gasteiger partial charge in [0.15, 0.2) is 5.82 Å². The molecule has 1 aromatic heterocycles. The van der Waals surface area contributed by atoms with Gasteiger partial charge in [-0.15, -0.1) is 0 Å². The molecule has 1 aliphatic rings. The predicted molar refractivity (Wildman–Crippen MR) is 96.3 cm³/mol. The largest absolute Gasteiger partial charge is 0.360 e. The molecule has 0 radical (unpaired) electrons. The number of aromatic nitrogens is 1. The summed E-state index contributed by atoms with van der Waals surface area (Å²) in [6, 6.07) is 1.69. The topological polar surface area (TPSA) is 78.7 Å². The van der Waals surface area contributed by atoms with Gasteiger partial charge in [0.05, 0.1) is 6.54 Å². The Hall–Kier alpha value is -1.89. The van der Waals surface area contributed by atoms with E-state index in [1.807, 2.05) is 4.90 Å². The Morgan fingerprint density at radius 2 is 1.88 bits per heavy atom. The van der Waals surface area contributed by atoms with E-state index >= 15 is 0 Å². The van der Waals surface area contributed by atoms with E-state index in [2.05, 4.69) is 22.3 Å². The van der Waals surface area contributed by atoms with Crippen LogP contribution in [0, 0.1) is 6.92 Å². The van der Waals surface area contributed by atoms with Crippen LogP contribution in [0.15, 0.2) is 10.6 Å². The Kier molecular flexibility index (Phi) is 7.91. The Balaban J connectivity index is 1.62. The molecule has 0 saturated carbocycles. The molecule has 0 aromatic carbocycles. The first-order valence-corrected chi connectivity index (χ1v) is 9.31. The van der Waals surface area contributed by atoms with Crippen molar-refractivity contribution >= 4 is 17.6 Å². The summed E-state index contributed by atoms with van der Waals surface area (Å²) in [6.07, 6.45) is 6.47. The number of piperazine rings is 1. The molecule has 0 aliphatic carbocycles. The van der Waals surface area contributed by atoms with Crippen LogP contribution in [0.25, 0.3) is 0 Å². The number of unbranched alkanes of at least 4 members (excludes halogenated alkanes) is 4. The Morgan fingerprint density at radius 1 is 1.16 bits per heavy atom. The van der Waals surface area contributed by atoms with E-state index in [4.69, 9.17) is 4.52 Å². The van der Waals surface area contributed by atoms with Crippen LogP contribution in [0.3, 0.4) is 0 Å². The van der Waals surface area contributed by atoms with Crippen molar-refractivity contribution < 1.29 is 14.1 Å². The van der Waals surface area contributed by atoms with E-state index in [1.54, 1.807) is 13.0 Å². The quantitative estimate of drug-likeness (QED) is 0.692. The smallest absolute Gasteiger partial charge is 0.239 e. The van der Waals surface area contributed by atoms with E-state index in [0.29, 0.717) is 37.6 Å². The molecule has 1 N–H and O–H groups in total. The zero-order valence-electron chi connectivity index (χ0n) is 15.4. The Bertz CT molecular complexity index is 550. The summed E-state index contributed by atoms with van der Waals surface area (Å²) in [6.45, 7) is 7.14. The van der Waals surface area contributed by atoms with Crippen LogP contribution in [-0.4, -0.2) is 59.5 Å². The first-order chi connectivity index (χ1) is 12.1. The maximum atomic E-state index is 12.2. The molecular weight excluding hydrogens is 320 g/mol. The molecule has 1 aliphatic heterocycles. The average molecular weight is 350 g/mol. The number of carbonyl (C=O) groups is 2. The van der Waals surface area contributed by atoms with Crippen LogP contribution in [0.4, 0.5) is 5.82 Å². The van der Waals surface area contributed by atoms with Crippen molar-refractivity contribution in [1.29, 1.82) is 0 Å². The zero-order valence-corrected chi connectivity index (χ0v) is 15.4. The number of hydrogen-bond donors (Lipinski definition) is 1. The second-order valence-corrected chi connectivity index (χ2v) is 6.69. The third-order valence-electron chi connectivity index (χ3n) is 4.48. The lowest BCUT2D eigenvalue weighted by atomic mass is 10.1. The number of rotatable bonds is 9. The van der Waals surface area contributed by atoms with E-state index in [9.17, 15) is 9.59 Å². The molecule has 0 atom stereocenters. The van der Waals surface area contributed by atoms with Gasteiger partial charge >= 0.3 is 0 Å². The molecular formula is C18H30N4O3. The fourth-order valence-corrected chi connectivity index (χ4v) is 3.00. The summed E-state index contributed by atoms with van der Waals surface area (Å²) < 4.78 is 4.93. The first-order valence-electron chi connectivity index (χ1n) is 9.31. The van der Waals surface area contributed by atoms with Crippen molar-refractivity contribution in [3.8, 4) is 0 Å². The standard InChI is InChI=1S/C18H30N4O3/c1-3-4-5-6-7-8-18(24)22-11-9-21(10-12-22)14-17(23)19-16-13-15(2)25-20-16/h13H,3-12,14H2,1-2H3,(H,19,20,23). The third-order valence-corrected chi connectivity index (χ3v) is 4.48. The van der Waals surface area contributed by atoms with Crippen molar-refractivity contribution in [1.82, 2.24) is 15.0 Å². The number of aryl methyl sites for hydroxylation is 1. The molecule has 140 valence electrons. The van der Waals surface area contributed by atoms with Gasteiger partial charge in [-0.3, -0.25) is 14.5 Å². The highest BCUT2D eigenvalue weighted by Gasteiger charge is 2.22. The monoisotopic (exact) mass is 350 g/mol. The Morgan fingerprint density at radius 3 is 2.52 bits per heavy atom. The lowest BCUT2D eigenvalue weighted by molar-refractivity contribution is -0.133. The van der Waals surface area contributed by atoms with Gasteiger partial charge in [-0.25, -0.2) is 0 Å². The van der Waals surface area contributed by atoms with Crippen LogP contribution in [0.2, 0.25) is 0 Å². The number of anilines is 1. The summed E-state index contributed by atoms with van der Waals surface area (Å²) >= 11 is 0. The lowest BCUT2D eigenvalue weighted by Gasteiger charge is -2.34. The molecule has 7 heteroatoms. The summed E-state index contributed by atoms with van der Waals surface area (Å²) in [5.41, 5.74) is 0. The molecule has 1 fully saturated rings. The normalized spacial score (nSPS) is 15.4. The molecule has 0 bridgehead atoms. The molecule has 2 rings (SSSR count). The van der Waals surface area contributed by atoms with E-state index in [-0.39, 0.29) is 11.8 Å². The summed E-state index contributed by atoms with van der Waals surface area (Å²) in [5.74, 6) is 1.25. The summed E-state index contributed by atoms with van der Waals surface area (Å²) in [7, 11) is 0. The number of nitrogens with one attached hydrogen (secondary N) is 1. The highest BCUT2D eigenvalue weighted by Crippen LogP contribution is 2.10. The van der Waals surface area contributed by atoms with Gasteiger partial charge in [-0.2, -0.15) is 0 Å². The van der Waals surface area contributed by atoms with Gasteiger partial charge in [0, 0.05) is 38.7 Å². The first kappa shape index (κ1) is 19.4. The van der Waals surface area contributed by atoms with Gasteiger partial charge < -0.3 is 14.7 Å². The van der Waals surface area contributed by atoms with Gasteiger partial charge in [-0.05, 0) is 13.3 Å². The molecule has 7 nitrogen and oxygen atoms in total. The molecule has 1 aromatic rings. The lowest BCUT2D eigenvalue weighted by Crippen LogP contribution is -2.50. The minimum Gasteiger partial charge on any atom is -0.360 e. The SMILES string of the molecule is CCCCCCCC(=O)N1CCN(CC(=O)Nc2cc(C)on2)CC1. The number of nitrogens with zero attached hydrogens (tertiary/aromatic N) is 3. The van der Waals surface area contributed by atoms with Gasteiger partial charge in [0.1, 0.15) is 5.76 Å². The van der Waals surface area contributed by atoms with Crippen molar-refractivity contribution in [3.05, 3.63) is 11.8 Å². The number of hydrogen-bond acceptors (Lipinski definition) is 5. The average Bonchev–Trinajstić information content (AvgIpc) is 2.99. The second-order valence-electron chi connectivity index (χ2n) is 6.69. The highest BCUT2D eigenvalue weighted by atomic mass is 16.5. The number of carbonyl (C=O) groups excluding carboxylic acids is 2. The van der Waals surface area contributed by atoms with E-state index < -0.39 is 0 Å². The molecule has 25 heavy (non-hydrogen) atoms. The molecule has 2 heterocycles. The zero-order chi connectivity index (χ0) is 18.1. The molecule has 1 saturated heterocycles.